The number of ether oxygens (including phenoxy) is 2. The van der Waals surface area contributed by atoms with Crippen molar-refractivity contribution in [1.29, 1.82) is 0 Å². The Morgan fingerprint density at radius 1 is 1.10 bits per heavy atom. The number of amides is 2. The Balaban J connectivity index is 1.96. The van der Waals surface area contributed by atoms with Crippen LogP contribution in [0.25, 0.3) is 0 Å². The molecule has 168 valence electrons. The highest BCUT2D eigenvalue weighted by molar-refractivity contribution is 5.87. The van der Waals surface area contributed by atoms with Crippen LogP contribution >= 0.6 is 0 Å². The number of nitrogens with one attached hydrogen (secondary N) is 1. The highest BCUT2D eigenvalue weighted by atomic mass is 16.5. The van der Waals surface area contributed by atoms with Gasteiger partial charge in [-0.1, -0.05) is 36.8 Å². The lowest BCUT2D eigenvalue weighted by Crippen LogP contribution is -2.47. The van der Waals surface area contributed by atoms with E-state index in [1.807, 2.05) is 62.4 Å². The zero-order valence-corrected chi connectivity index (χ0v) is 19.0. The summed E-state index contributed by atoms with van der Waals surface area (Å²) in [6.07, 6.45) is 1.73. The van der Waals surface area contributed by atoms with E-state index in [0.29, 0.717) is 32.5 Å². The van der Waals surface area contributed by atoms with Crippen LogP contribution in [0, 0.1) is 6.92 Å². The molecule has 6 heteroatoms. The van der Waals surface area contributed by atoms with Crippen LogP contribution in [0.1, 0.15) is 44.2 Å². The van der Waals surface area contributed by atoms with Gasteiger partial charge in [-0.3, -0.25) is 9.59 Å². The van der Waals surface area contributed by atoms with Gasteiger partial charge in [-0.2, -0.15) is 0 Å². The fourth-order valence-corrected chi connectivity index (χ4v) is 3.21. The maximum atomic E-state index is 13.0. The van der Waals surface area contributed by atoms with E-state index in [2.05, 4.69) is 5.32 Å². The fraction of sp³-hybridized carbons (Fsp3) is 0.440. The monoisotopic (exact) mass is 426 g/mol. The smallest absolute Gasteiger partial charge is 0.242 e. The molecular formula is C25H34N2O4. The van der Waals surface area contributed by atoms with E-state index in [1.165, 1.54) is 0 Å². The molecule has 1 unspecified atom stereocenters. The van der Waals surface area contributed by atoms with Gasteiger partial charge in [0.05, 0.1) is 13.7 Å². The molecule has 0 aliphatic heterocycles. The zero-order valence-electron chi connectivity index (χ0n) is 19.0. The first kappa shape index (κ1) is 24.3. The molecule has 0 saturated heterocycles. The fourth-order valence-electron chi connectivity index (χ4n) is 3.21. The average molecular weight is 427 g/mol. The third-order valence-corrected chi connectivity index (χ3v) is 5.02. The predicted molar refractivity (Wildman–Crippen MR) is 122 cm³/mol. The Morgan fingerprint density at radius 3 is 2.45 bits per heavy atom. The largest absolute Gasteiger partial charge is 0.497 e. The van der Waals surface area contributed by atoms with Crippen LogP contribution in [-0.2, 0) is 16.1 Å². The Labute approximate surface area is 185 Å². The van der Waals surface area contributed by atoms with E-state index in [1.54, 1.807) is 18.9 Å². The van der Waals surface area contributed by atoms with Crippen molar-refractivity contribution in [3.05, 3.63) is 59.7 Å². The van der Waals surface area contributed by atoms with Gasteiger partial charge < -0.3 is 19.7 Å². The number of rotatable bonds is 12. The lowest BCUT2D eigenvalue weighted by molar-refractivity contribution is -0.140. The topological polar surface area (TPSA) is 67.9 Å². The number of carbonyl (C=O) groups excluding carboxylic acids is 2. The maximum Gasteiger partial charge on any atom is 0.242 e. The van der Waals surface area contributed by atoms with Crippen molar-refractivity contribution in [2.24, 2.45) is 0 Å². The van der Waals surface area contributed by atoms with Gasteiger partial charge in [0.15, 0.2) is 0 Å². The summed E-state index contributed by atoms with van der Waals surface area (Å²) in [5.74, 6) is 1.32. The maximum absolute atomic E-state index is 13.0. The SMILES string of the molecule is CCCNC(=O)C(C)N(Cc1cccc(C)c1)C(=O)CCCOc1ccc(OC)cc1. The molecule has 0 aliphatic carbocycles. The Kier molecular flexibility index (Phi) is 9.88. The number of hydrogen-bond acceptors (Lipinski definition) is 4. The van der Waals surface area contributed by atoms with E-state index in [9.17, 15) is 9.59 Å². The Hall–Kier alpha value is -3.02. The average Bonchev–Trinajstić information content (AvgIpc) is 2.78. The third kappa shape index (κ3) is 7.96. The molecule has 1 atom stereocenters. The molecule has 0 saturated carbocycles. The quantitative estimate of drug-likeness (QED) is 0.519. The van der Waals surface area contributed by atoms with Crippen LogP contribution in [0.2, 0.25) is 0 Å². The van der Waals surface area contributed by atoms with Gasteiger partial charge in [0.1, 0.15) is 17.5 Å². The lowest BCUT2D eigenvalue weighted by atomic mass is 10.1. The number of hydrogen-bond donors (Lipinski definition) is 1. The van der Waals surface area contributed by atoms with Crippen LogP contribution < -0.4 is 14.8 Å². The minimum Gasteiger partial charge on any atom is -0.497 e. The predicted octanol–water partition coefficient (Wildman–Crippen LogP) is 4.11. The number of aryl methyl sites for hydroxylation is 1. The lowest BCUT2D eigenvalue weighted by Gasteiger charge is -2.29. The molecule has 2 rings (SSSR count). The molecule has 2 amide bonds. The second-order valence-electron chi connectivity index (χ2n) is 7.61. The number of benzene rings is 2. The van der Waals surface area contributed by atoms with Crippen LogP contribution in [-0.4, -0.2) is 43.0 Å². The van der Waals surface area contributed by atoms with Gasteiger partial charge in [0.25, 0.3) is 0 Å². The molecule has 0 spiro atoms. The first-order valence-corrected chi connectivity index (χ1v) is 10.8. The summed E-state index contributed by atoms with van der Waals surface area (Å²) in [6, 6.07) is 14.8. The summed E-state index contributed by atoms with van der Waals surface area (Å²) >= 11 is 0. The summed E-state index contributed by atoms with van der Waals surface area (Å²) in [4.78, 5) is 27.2. The first-order chi connectivity index (χ1) is 14.9. The molecule has 0 fully saturated rings. The molecule has 0 radical (unpaired) electrons. The van der Waals surface area contributed by atoms with E-state index >= 15 is 0 Å². The van der Waals surface area contributed by atoms with Crippen molar-refractivity contribution in [1.82, 2.24) is 10.2 Å². The minimum atomic E-state index is -0.540. The standard InChI is InChI=1S/C25H34N2O4/c1-5-15-26-25(29)20(3)27(18-21-9-6-8-19(2)17-21)24(28)10-7-16-31-23-13-11-22(30-4)12-14-23/h6,8-9,11-14,17,20H,5,7,10,15-16,18H2,1-4H3,(H,26,29). The van der Waals surface area contributed by atoms with Gasteiger partial charge in [0, 0.05) is 19.5 Å². The van der Waals surface area contributed by atoms with Crippen LogP contribution in [0.3, 0.4) is 0 Å². The molecule has 2 aromatic carbocycles. The zero-order chi connectivity index (χ0) is 22.6. The number of methoxy groups -OCH3 is 1. The van der Waals surface area contributed by atoms with Crippen LogP contribution in [0.4, 0.5) is 0 Å². The number of carbonyl (C=O) groups is 2. The van der Waals surface area contributed by atoms with E-state index in [4.69, 9.17) is 9.47 Å². The molecule has 1 N–H and O–H groups in total. The van der Waals surface area contributed by atoms with Crippen molar-refractivity contribution >= 4 is 11.8 Å². The van der Waals surface area contributed by atoms with E-state index in [0.717, 1.165) is 29.0 Å². The molecule has 0 bridgehead atoms. The summed E-state index contributed by atoms with van der Waals surface area (Å²) in [5, 5.41) is 2.89. The van der Waals surface area contributed by atoms with Crippen LogP contribution in [0.5, 0.6) is 11.5 Å². The molecule has 2 aromatic rings. The van der Waals surface area contributed by atoms with Crippen LogP contribution in [0.15, 0.2) is 48.5 Å². The van der Waals surface area contributed by atoms with Gasteiger partial charge in [-0.15, -0.1) is 0 Å². The van der Waals surface area contributed by atoms with E-state index in [-0.39, 0.29) is 11.8 Å². The summed E-state index contributed by atoms with van der Waals surface area (Å²) in [7, 11) is 1.62. The Bertz CT molecular complexity index is 836. The van der Waals surface area contributed by atoms with Gasteiger partial charge in [-0.25, -0.2) is 0 Å². The second kappa shape index (κ2) is 12.6. The van der Waals surface area contributed by atoms with Crippen molar-refractivity contribution in [3.8, 4) is 11.5 Å². The summed E-state index contributed by atoms with van der Waals surface area (Å²) in [5.41, 5.74) is 2.14. The minimum absolute atomic E-state index is 0.0565. The van der Waals surface area contributed by atoms with Crippen molar-refractivity contribution < 1.29 is 19.1 Å². The normalized spacial score (nSPS) is 11.5. The highest BCUT2D eigenvalue weighted by Crippen LogP contribution is 2.18. The molecule has 0 aromatic heterocycles. The van der Waals surface area contributed by atoms with E-state index < -0.39 is 6.04 Å². The van der Waals surface area contributed by atoms with Gasteiger partial charge in [0.2, 0.25) is 11.8 Å². The molecule has 6 nitrogen and oxygen atoms in total. The van der Waals surface area contributed by atoms with Crippen molar-refractivity contribution in [2.75, 3.05) is 20.3 Å². The highest BCUT2D eigenvalue weighted by Gasteiger charge is 2.25. The van der Waals surface area contributed by atoms with Gasteiger partial charge in [-0.05, 0) is 56.5 Å². The molecule has 31 heavy (non-hydrogen) atoms. The molecule has 0 aliphatic rings. The summed E-state index contributed by atoms with van der Waals surface area (Å²) < 4.78 is 10.9. The Morgan fingerprint density at radius 2 is 1.81 bits per heavy atom. The van der Waals surface area contributed by atoms with Crippen molar-refractivity contribution in [2.45, 2.75) is 52.6 Å². The summed E-state index contributed by atoms with van der Waals surface area (Å²) in [6.45, 7) is 7.23. The first-order valence-electron chi connectivity index (χ1n) is 10.8. The second-order valence-corrected chi connectivity index (χ2v) is 7.61. The number of nitrogens with zero attached hydrogens (tertiary/aromatic N) is 1. The molecule has 0 heterocycles. The van der Waals surface area contributed by atoms with Gasteiger partial charge >= 0.3 is 0 Å². The van der Waals surface area contributed by atoms with Crippen molar-refractivity contribution in [3.63, 3.8) is 0 Å². The molecular weight excluding hydrogens is 392 g/mol. The third-order valence-electron chi connectivity index (χ3n) is 5.02.